The molecule has 1 aliphatic heterocycles. The third-order valence-corrected chi connectivity index (χ3v) is 2.34. The zero-order chi connectivity index (χ0) is 10.6. The highest BCUT2D eigenvalue weighted by Crippen LogP contribution is 2.03. The molecule has 1 rings (SSSR count). The van der Waals surface area contributed by atoms with Crippen LogP contribution >= 0.6 is 0 Å². The second-order valence-electron chi connectivity index (χ2n) is 3.47. The zero-order valence-corrected chi connectivity index (χ0v) is 8.32. The number of unbranched alkanes of at least 4 members (excludes halogenated alkanes) is 1. The maximum Gasteiger partial charge on any atom is 0.322 e. The fourth-order valence-electron chi connectivity index (χ4n) is 1.44. The number of aliphatic carboxylic acids is 1. The molecule has 0 aromatic rings. The number of hydrogen-bond donors (Lipinski definition) is 2. The second-order valence-corrected chi connectivity index (χ2v) is 3.47. The van der Waals surface area contributed by atoms with Crippen molar-refractivity contribution < 1.29 is 14.7 Å². The number of carboxylic acids is 1. The fourth-order valence-corrected chi connectivity index (χ4v) is 1.44. The van der Waals surface area contributed by atoms with Crippen molar-refractivity contribution in [3.63, 3.8) is 0 Å². The lowest BCUT2D eigenvalue weighted by Crippen LogP contribution is -2.57. The lowest BCUT2D eigenvalue weighted by atomic mass is 10.2. The number of amides is 1. The molecule has 0 aliphatic carbocycles. The van der Waals surface area contributed by atoms with Crippen LogP contribution in [0, 0.1) is 0 Å². The minimum absolute atomic E-state index is 0.00375. The van der Waals surface area contributed by atoms with Crippen molar-refractivity contribution in [2.75, 3.05) is 19.6 Å². The molecule has 14 heavy (non-hydrogen) atoms. The van der Waals surface area contributed by atoms with Crippen LogP contribution in [0.3, 0.4) is 0 Å². The Morgan fingerprint density at radius 3 is 3.00 bits per heavy atom. The Morgan fingerprint density at radius 1 is 1.71 bits per heavy atom. The molecule has 1 fully saturated rings. The van der Waals surface area contributed by atoms with Gasteiger partial charge in [0.1, 0.15) is 6.04 Å². The van der Waals surface area contributed by atoms with Gasteiger partial charge < -0.3 is 10.0 Å². The van der Waals surface area contributed by atoms with Crippen LogP contribution in [0.1, 0.15) is 19.8 Å². The standard InChI is InChI=1S/C9H16N2O3/c1-2-3-4-11-6-7(9(13)14)10-5-8(11)12/h7,10H,2-6H2,1H3,(H,13,14). The number of rotatable bonds is 4. The van der Waals surface area contributed by atoms with Gasteiger partial charge in [-0.25, -0.2) is 0 Å². The van der Waals surface area contributed by atoms with Gasteiger partial charge in [0.15, 0.2) is 0 Å². The van der Waals surface area contributed by atoms with Gasteiger partial charge in [-0.1, -0.05) is 13.3 Å². The smallest absolute Gasteiger partial charge is 0.322 e. The van der Waals surface area contributed by atoms with E-state index >= 15 is 0 Å². The molecular formula is C9H16N2O3. The number of nitrogens with zero attached hydrogens (tertiary/aromatic N) is 1. The van der Waals surface area contributed by atoms with Crippen LogP contribution in [-0.2, 0) is 9.59 Å². The van der Waals surface area contributed by atoms with Crippen LogP contribution in [-0.4, -0.2) is 47.6 Å². The molecule has 2 N–H and O–H groups in total. The largest absolute Gasteiger partial charge is 0.480 e. The van der Waals surface area contributed by atoms with Gasteiger partial charge in [-0.3, -0.25) is 14.9 Å². The van der Waals surface area contributed by atoms with Gasteiger partial charge in [0, 0.05) is 13.1 Å². The van der Waals surface area contributed by atoms with Crippen LogP contribution in [0.25, 0.3) is 0 Å². The third kappa shape index (κ3) is 2.70. The van der Waals surface area contributed by atoms with Crippen molar-refractivity contribution in [2.24, 2.45) is 0 Å². The van der Waals surface area contributed by atoms with Gasteiger partial charge in [0.25, 0.3) is 0 Å². The first-order valence-electron chi connectivity index (χ1n) is 4.89. The van der Waals surface area contributed by atoms with Crippen molar-refractivity contribution in [2.45, 2.75) is 25.8 Å². The number of nitrogens with one attached hydrogen (secondary N) is 1. The third-order valence-electron chi connectivity index (χ3n) is 2.34. The Kier molecular flexibility index (Phi) is 3.88. The molecular weight excluding hydrogens is 184 g/mol. The van der Waals surface area contributed by atoms with Crippen molar-refractivity contribution in [3.05, 3.63) is 0 Å². The fraction of sp³-hybridized carbons (Fsp3) is 0.778. The first kappa shape index (κ1) is 11.0. The summed E-state index contributed by atoms with van der Waals surface area (Å²) in [6, 6.07) is -0.607. The van der Waals surface area contributed by atoms with Gasteiger partial charge in [-0.05, 0) is 6.42 Å². The number of piperazine rings is 1. The lowest BCUT2D eigenvalue weighted by molar-refractivity contribution is -0.144. The highest BCUT2D eigenvalue weighted by atomic mass is 16.4. The first-order chi connectivity index (χ1) is 6.65. The number of carbonyl (C=O) groups excluding carboxylic acids is 1. The minimum atomic E-state index is -0.890. The minimum Gasteiger partial charge on any atom is -0.480 e. The Bertz CT molecular complexity index is 230. The molecule has 1 saturated heterocycles. The molecule has 0 spiro atoms. The summed E-state index contributed by atoms with van der Waals surface area (Å²) in [5, 5.41) is 11.5. The summed E-state index contributed by atoms with van der Waals surface area (Å²) in [5.41, 5.74) is 0. The van der Waals surface area contributed by atoms with Crippen molar-refractivity contribution in [3.8, 4) is 0 Å². The molecule has 0 aromatic carbocycles. The van der Waals surface area contributed by atoms with Crippen LogP contribution in [0.15, 0.2) is 0 Å². The number of hydrogen-bond acceptors (Lipinski definition) is 3. The van der Waals surface area contributed by atoms with Gasteiger partial charge in [-0.15, -0.1) is 0 Å². The van der Waals surface area contributed by atoms with E-state index in [1.807, 2.05) is 6.92 Å². The Hall–Kier alpha value is -1.10. The molecule has 1 unspecified atom stereocenters. The van der Waals surface area contributed by atoms with E-state index in [1.165, 1.54) is 0 Å². The summed E-state index contributed by atoms with van der Waals surface area (Å²) in [5.74, 6) is -0.894. The summed E-state index contributed by atoms with van der Waals surface area (Å²) in [6.45, 7) is 3.14. The Morgan fingerprint density at radius 2 is 2.43 bits per heavy atom. The van der Waals surface area contributed by atoms with Crippen molar-refractivity contribution in [1.29, 1.82) is 0 Å². The van der Waals surface area contributed by atoms with Crippen LogP contribution in [0.2, 0.25) is 0 Å². The highest BCUT2D eigenvalue weighted by molar-refractivity contribution is 5.83. The molecule has 5 heteroatoms. The number of carbonyl (C=O) groups is 2. The molecule has 80 valence electrons. The molecule has 1 amide bonds. The highest BCUT2D eigenvalue weighted by Gasteiger charge is 2.28. The van der Waals surface area contributed by atoms with Gasteiger partial charge in [0.05, 0.1) is 6.54 Å². The topological polar surface area (TPSA) is 69.6 Å². The van der Waals surface area contributed by atoms with E-state index in [9.17, 15) is 9.59 Å². The van der Waals surface area contributed by atoms with E-state index < -0.39 is 12.0 Å². The first-order valence-corrected chi connectivity index (χ1v) is 4.89. The van der Waals surface area contributed by atoms with Crippen LogP contribution < -0.4 is 5.32 Å². The molecule has 1 heterocycles. The maximum absolute atomic E-state index is 11.3. The van der Waals surface area contributed by atoms with Gasteiger partial charge in [0.2, 0.25) is 5.91 Å². The average Bonchev–Trinajstić information content (AvgIpc) is 2.16. The Balaban J connectivity index is 2.46. The predicted molar refractivity (Wildman–Crippen MR) is 50.9 cm³/mol. The average molecular weight is 200 g/mol. The van der Waals surface area contributed by atoms with E-state index in [-0.39, 0.29) is 19.0 Å². The lowest BCUT2D eigenvalue weighted by Gasteiger charge is -2.31. The second kappa shape index (κ2) is 4.95. The molecule has 1 aliphatic rings. The van der Waals surface area contributed by atoms with Crippen LogP contribution in [0.5, 0.6) is 0 Å². The van der Waals surface area contributed by atoms with E-state index in [4.69, 9.17) is 5.11 Å². The van der Waals surface area contributed by atoms with Gasteiger partial charge in [-0.2, -0.15) is 0 Å². The molecule has 1 atom stereocenters. The summed E-state index contributed by atoms with van der Waals surface area (Å²) >= 11 is 0. The predicted octanol–water partition coefficient (Wildman–Crippen LogP) is -0.328. The normalized spacial score (nSPS) is 22.5. The van der Waals surface area contributed by atoms with E-state index in [0.717, 1.165) is 12.8 Å². The summed E-state index contributed by atoms with van der Waals surface area (Å²) < 4.78 is 0. The Labute approximate surface area is 83.1 Å². The van der Waals surface area contributed by atoms with E-state index in [2.05, 4.69) is 5.32 Å². The number of carboxylic acid groups (broad SMARTS) is 1. The molecule has 0 saturated carbocycles. The summed E-state index contributed by atoms with van der Waals surface area (Å²) in [6.07, 6.45) is 1.94. The SMILES string of the molecule is CCCCN1CC(C(=O)O)NCC1=O. The zero-order valence-electron chi connectivity index (χ0n) is 8.32. The molecule has 5 nitrogen and oxygen atoms in total. The summed E-state index contributed by atoms with van der Waals surface area (Å²) in [7, 11) is 0. The molecule has 0 bridgehead atoms. The van der Waals surface area contributed by atoms with Gasteiger partial charge >= 0.3 is 5.97 Å². The van der Waals surface area contributed by atoms with E-state index in [0.29, 0.717) is 6.54 Å². The van der Waals surface area contributed by atoms with Crippen molar-refractivity contribution >= 4 is 11.9 Å². The molecule has 0 radical (unpaired) electrons. The quantitative estimate of drug-likeness (QED) is 0.652. The maximum atomic E-state index is 11.3. The molecule has 0 aromatic heterocycles. The monoisotopic (exact) mass is 200 g/mol. The summed E-state index contributed by atoms with van der Waals surface area (Å²) in [4.78, 5) is 23.6. The van der Waals surface area contributed by atoms with Crippen molar-refractivity contribution in [1.82, 2.24) is 10.2 Å². The van der Waals surface area contributed by atoms with Crippen LogP contribution in [0.4, 0.5) is 0 Å². The van der Waals surface area contributed by atoms with E-state index in [1.54, 1.807) is 4.90 Å².